The number of carbonyl (C=O) groups excluding carboxylic acids is 1. The first-order chi connectivity index (χ1) is 15.2. The molecule has 1 aliphatic rings. The summed E-state index contributed by atoms with van der Waals surface area (Å²) in [5.41, 5.74) is 3.20. The Bertz CT molecular complexity index is 1010. The molecule has 7 heteroatoms. The van der Waals surface area contributed by atoms with Gasteiger partial charge in [0, 0.05) is 38.2 Å². The molecule has 0 aliphatic carbocycles. The molecule has 4 rings (SSSR count). The monoisotopic (exact) mass is 435 g/mol. The minimum absolute atomic E-state index is 0.218. The zero-order valence-corrected chi connectivity index (χ0v) is 18.8. The molecule has 2 N–H and O–H groups in total. The number of aromatic nitrogens is 1. The summed E-state index contributed by atoms with van der Waals surface area (Å²) in [6, 6.07) is 16.4. The van der Waals surface area contributed by atoms with Crippen LogP contribution in [0.2, 0.25) is 0 Å². The molecule has 0 unspecified atom stereocenters. The van der Waals surface area contributed by atoms with Crippen molar-refractivity contribution in [1.29, 1.82) is 0 Å². The molecule has 0 saturated carbocycles. The second-order valence-corrected chi connectivity index (χ2v) is 8.73. The van der Waals surface area contributed by atoms with Gasteiger partial charge in [-0.2, -0.15) is 0 Å². The van der Waals surface area contributed by atoms with Crippen LogP contribution in [0.3, 0.4) is 0 Å². The number of para-hydroxylation sites is 1. The third-order valence-electron chi connectivity index (χ3n) is 5.28. The molecule has 1 aromatic heterocycles. The Labute approximate surface area is 187 Å². The number of guanidine groups is 1. The Morgan fingerprint density at radius 2 is 2.00 bits per heavy atom. The fourth-order valence-corrected chi connectivity index (χ4v) is 4.70. The Balaban J connectivity index is 1.27. The number of fused-ring (bicyclic) bond motifs is 1. The van der Waals surface area contributed by atoms with Crippen LogP contribution in [-0.2, 0) is 17.8 Å². The Morgan fingerprint density at radius 3 is 2.74 bits per heavy atom. The van der Waals surface area contributed by atoms with Gasteiger partial charge in [0.2, 0.25) is 5.91 Å². The zero-order valence-electron chi connectivity index (χ0n) is 17.9. The Hall–Kier alpha value is -2.93. The van der Waals surface area contributed by atoms with Crippen LogP contribution in [0, 0.1) is 0 Å². The fraction of sp³-hybridized carbons (Fsp3) is 0.375. The van der Waals surface area contributed by atoms with Gasteiger partial charge in [0.05, 0.1) is 21.8 Å². The van der Waals surface area contributed by atoms with E-state index >= 15 is 0 Å². The number of nitrogens with one attached hydrogen (secondary N) is 2. The number of hydrogen-bond acceptors (Lipinski definition) is 4. The molecule has 1 saturated heterocycles. The summed E-state index contributed by atoms with van der Waals surface area (Å²) >= 11 is 1.77. The summed E-state index contributed by atoms with van der Waals surface area (Å²) in [6.07, 6.45) is 3.57. The molecule has 1 aliphatic heterocycles. The maximum absolute atomic E-state index is 11.9. The smallest absolute Gasteiger partial charge is 0.227 e. The van der Waals surface area contributed by atoms with Crippen LogP contribution >= 0.6 is 11.3 Å². The van der Waals surface area contributed by atoms with E-state index in [1.807, 2.05) is 23.1 Å². The number of rotatable bonds is 8. The number of amides is 1. The second kappa shape index (κ2) is 10.4. The number of carbonyl (C=O) groups is 1. The van der Waals surface area contributed by atoms with Gasteiger partial charge in [-0.1, -0.05) is 24.3 Å². The van der Waals surface area contributed by atoms with E-state index < -0.39 is 0 Å². The van der Waals surface area contributed by atoms with E-state index in [4.69, 9.17) is 9.98 Å². The highest BCUT2D eigenvalue weighted by Gasteiger charge is 2.21. The molecule has 0 radical (unpaired) electrons. The van der Waals surface area contributed by atoms with E-state index in [1.54, 1.807) is 11.3 Å². The van der Waals surface area contributed by atoms with Crippen molar-refractivity contribution in [1.82, 2.24) is 15.6 Å². The van der Waals surface area contributed by atoms with Gasteiger partial charge >= 0.3 is 0 Å². The summed E-state index contributed by atoms with van der Waals surface area (Å²) in [5.74, 6) is 1.04. The van der Waals surface area contributed by atoms with Gasteiger partial charge < -0.3 is 15.5 Å². The van der Waals surface area contributed by atoms with Gasteiger partial charge in [0.1, 0.15) is 0 Å². The molecule has 2 aromatic carbocycles. The van der Waals surface area contributed by atoms with Crippen LogP contribution in [0.4, 0.5) is 5.69 Å². The van der Waals surface area contributed by atoms with Crippen molar-refractivity contribution in [2.45, 2.75) is 39.2 Å². The van der Waals surface area contributed by atoms with Crippen LogP contribution in [-0.4, -0.2) is 36.5 Å². The van der Waals surface area contributed by atoms with E-state index in [0.717, 1.165) is 61.6 Å². The normalized spacial score (nSPS) is 14.4. The maximum Gasteiger partial charge on any atom is 0.227 e. The molecule has 1 fully saturated rings. The highest BCUT2D eigenvalue weighted by molar-refractivity contribution is 7.18. The first-order valence-corrected chi connectivity index (χ1v) is 11.8. The van der Waals surface area contributed by atoms with Crippen molar-refractivity contribution in [2.24, 2.45) is 4.99 Å². The summed E-state index contributed by atoms with van der Waals surface area (Å²) in [5, 5.41) is 7.91. The van der Waals surface area contributed by atoms with Crippen molar-refractivity contribution in [3.05, 3.63) is 59.1 Å². The van der Waals surface area contributed by atoms with Gasteiger partial charge in [-0.05, 0) is 49.6 Å². The summed E-state index contributed by atoms with van der Waals surface area (Å²) in [6.45, 7) is 5.15. The lowest BCUT2D eigenvalue weighted by molar-refractivity contribution is -0.117. The molecule has 0 spiro atoms. The van der Waals surface area contributed by atoms with Gasteiger partial charge in [-0.15, -0.1) is 11.3 Å². The van der Waals surface area contributed by atoms with E-state index in [0.29, 0.717) is 13.0 Å². The van der Waals surface area contributed by atoms with Crippen molar-refractivity contribution in [3.63, 3.8) is 0 Å². The van der Waals surface area contributed by atoms with Crippen molar-refractivity contribution < 1.29 is 4.79 Å². The van der Waals surface area contributed by atoms with Crippen molar-refractivity contribution in [2.75, 3.05) is 24.5 Å². The van der Waals surface area contributed by atoms with Crippen LogP contribution < -0.4 is 15.5 Å². The Morgan fingerprint density at radius 1 is 1.16 bits per heavy atom. The molecule has 2 heterocycles. The fourth-order valence-electron chi connectivity index (χ4n) is 3.69. The number of aryl methyl sites for hydroxylation is 1. The Kier molecular flexibility index (Phi) is 7.14. The van der Waals surface area contributed by atoms with Gasteiger partial charge in [-0.25, -0.2) is 9.98 Å². The van der Waals surface area contributed by atoms with Gasteiger partial charge in [0.15, 0.2) is 5.96 Å². The largest absolute Gasteiger partial charge is 0.357 e. The standard InChI is InChI=1S/C24H29N5OS/c1-2-25-24(26-15-5-9-22-28-20-7-3-4-8-21(20)31-22)27-17-18-11-13-19(14-12-18)29-16-6-10-23(29)30/h3-4,7-8,11-14H,2,5-6,9-10,15-17H2,1H3,(H2,25,26,27). The number of anilines is 1. The zero-order chi connectivity index (χ0) is 21.5. The minimum atomic E-state index is 0.218. The average molecular weight is 436 g/mol. The third-order valence-corrected chi connectivity index (χ3v) is 6.38. The van der Waals surface area contributed by atoms with Crippen LogP contribution in [0.25, 0.3) is 10.2 Å². The molecule has 0 bridgehead atoms. The van der Waals surface area contributed by atoms with E-state index in [2.05, 4.69) is 47.9 Å². The van der Waals surface area contributed by atoms with E-state index in [-0.39, 0.29) is 5.91 Å². The lowest BCUT2D eigenvalue weighted by Gasteiger charge is -2.16. The first kappa shape index (κ1) is 21.3. The number of thiazole rings is 1. The summed E-state index contributed by atoms with van der Waals surface area (Å²) in [7, 11) is 0. The SMILES string of the molecule is CCNC(=NCc1ccc(N2CCCC2=O)cc1)NCCCc1nc2ccccc2s1. The molecule has 31 heavy (non-hydrogen) atoms. The molecule has 3 aromatic rings. The highest BCUT2D eigenvalue weighted by atomic mass is 32.1. The number of hydrogen-bond donors (Lipinski definition) is 2. The summed E-state index contributed by atoms with van der Waals surface area (Å²) in [4.78, 5) is 23.2. The topological polar surface area (TPSA) is 69.6 Å². The van der Waals surface area contributed by atoms with Crippen molar-refractivity contribution in [3.8, 4) is 0 Å². The number of aliphatic imine (C=N–C) groups is 1. The molecule has 0 atom stereocenters. The summed E-state index contributed by atoms with van der Waals surface area (Å²) < 4.78 is 1.25. The number of nitrogens with zero attached hydrogens (tertiary/aromatic N) is 3. The second-order valence-electron chi connectivity index (χ2n) is 7.62. The highest BCUT2D eigenvalue weighted by Crippen LogP contribution is 2.23. The molecule has 162 valence electrons. The molecule has 6 nitrogen and oxygen atoms in total. The minimum Gasteiger partial charge on any atom is -0.357 e. The molecular weight excluding hydrogens is 406 g/mol. The average Bonchev–Trinajstić information content (AvgIpc) is 3.41. The first-order valence-electron chi connectivity index (χ1n) is 11.0. The van der Waals surface area contributed by atoms with E-state index in [1.165, 1.54) is 9.71 Å². The quantitative estimate of drug-likeness (QED) is 0.317. The predicted octanol–water partition coefficient (Wildman–Crippen LogP) is 4.11. The van der Waals surface area contributed by atoms with E-state index in [9.17, 15) is 4.79 Å². The van der Waals surface area contributed by atoms with Crippen molar-refractivity contribution >= 4 is 39.1 Å². The van der Waals surface area contributed by atoms with Crippen LogP contribution in [0.5, 0.6) is 0 Å². The van der Waals surface area contributed by atoms with Gasteiger partial charge in [-0.3, -0.25) is 4.79 Å². The predicted molar refractivity (Wildman–Crippen MR) is 129 cm³/mol. The maximum atomic E-state index is 11.9. The van der Waals surface area contributed by atoms with Crippen LogP contribution in [0.15, 0.2) is 53.5 Å². The molecule has 1 amide bonds. The van der Waals surface area contributed by atoms with Crippen LogP contribution in [0.1, 0.15) is 36.8 Å². The lowest BCUT2D eigenvalue weighted by atomic mass is 10.2. The third kappa shape index (κ3) is 5.61. The lowest BCUT2D eigenvalue weighted by Crippen LogP contribution is -2.37. The van der Waals surface area contributed by atoms with Gasteiger partial charge in [0.25, 0.3) is 0 Å². The molecular formula is C24H29N5OS. The number of benzene rings is 2.